The maximum atomic E-state index is 12.5. The first-order chi connectivity index (χ1) is 13.0. The van der Waals surface area contributed by atoms with Crippen LogP contribution in [-0.4, -0.2) is 22.3 Å². The molecule has 0 aliphatic carbocycles. The number of hydrogen-bond donors (Lipinski definition) is 1. The highest BCUT2D eigenvalue weighted by molar-refractivity contribution is 6.03. The first-order valence-electron chi connectivity index (χ1n) is 7.97. The second-order valence-corrected chi connectivity index (χ2v) is 5.57. The number of amides is 1. The third kappa shape index (κ3) is 4.17. The van der Waals surface area contributed by atoms with Gasteiger partial charge in [0, 0.05) is 17.3 Å². The van der Waals surface area contributed by atoms with Crippen molar-refractivity contribution in [1.82, 2.24) is 9.78 Å². The summed E-state index contributed by atoms with van der Waals surface area (Å²) in [5.74, 6) is -0.623. The fourth-order valence-corrected chi connectivity index (χ4v) is 2.45. The van der Waals surface area contributed by atoms with Crippen LogP contribution in [0.5, 0.6) is 5.75 Å². The van der Waals surface area contributed by atoms with E-state index in [1.165, 1.54) is 24.3 Å². The summed E-state index contributed by atoms with van der Waals surface area (Å²) in [7, 11) is 0. The third-order valence-corrected chi connectivity index (χ3v) is 3.78. The average Bonchev–Trinajstić information content (AvgIpc) is 2.65. The second kappa shape index (κ2) is 7.77. The predicted octanol–water partition coefficient (Wildman–Crippen LogP) is 3.39. The highest BCUT2D eigenvalue weighted by Gasteiger charge is 2.15. The van der Waals surface area contributed by atoms with Crippen LogP contribution in [0.4, 0.5) is 14.5 Å². The monoisotopic (exact) mass is 371 g/mol. The van der Waals surface area contributed by atoms with Gasteiger partial charge < -0.3 is 10.1 Å². The normalized spacial score (nSPS) is 10.7. The van der Waals surface area contributed by atoms with Gasteiger partial charge in [0.25, 0.3) is 11.5 Å². The van der Waals surface area contributed by atoms with Crippen LogP contribution < -0.4 is 15.6 Å². The number of anilines is 1. The highest BCUT2D eigenvalue weighted by atomic mass is 19.3. The molecule has 0 fully saturated rings. The van der Waals surface area contributed by atoms with Gasteiger partial charge in [0.1, 0.15) is 11.4 Å². The largest absolute Gasteiger partial charge is 0.434 e. The molecule has 0 saturated heterocycles. The van der Waals surface area contributed by atoms with Gasteiger partial charge in [-0.05, 0) is 37.3 Å². The van der Waals surface area contributed by atoms with Gasteiger partial charge >= 0.3 is 6.61 Å². The fourth-order valence-electron chi connectivity index (χ4n) is 2.45. The molecule has 1 aromatic heterocycles. The van der Waals surface area contributed by atoms with Crippen molar-refractivity contribution in [3.63, 3.8) is 0 Å². The van der Waals surface area contributed by atoms with Crippen molar-refractivity contribution >= 4 is 11.6 Å². The van der Waals surface area contributed by atoms with Crippen molar-refractivity contribution in [2.75, 3.05) is 5.32 Å². The number of alkyl halides is 2. The zero-order valence-corrected chi connectivity index (χ0v) is 14.2. The summed E-state index contributed by atoms with van der Waals surface area (Å²) in [6, 6.07) is 15.6. The van der Waals surface area contributed by atoms with Crippen molar-refractivity contribution < 1.29 is 18.3 Å². The van der Waals surface area contributed by atoms with Crippen LogP contribution in [-0.2, 0) is 0 Å². The minimum atomic E-state index is -2.97. The van der Waals surface area contributed by atoms with E-state index in [-0.39, 0.29) is 17.0 Å². The van der Waals surface area contributed by atoms with E-state index in [2.05, 4.69) is 15.2 Å². The van der Waals surface area contributed by atoms with E-state index < -0.39 is 12.5 Å². The zero-order valence-electron chi connectivity index (χ0n) is 14.2. The molecule has 0 saturated carbocycles. The minimum absolute atomic E-state index is 0.00182. The Balaban J connectivity index is 1.89. The first-order valence-corrected chi connectivity index (χ1v) is 7.97. The molecule has 0 spiro atoms. The molecule has 0 unspecified atom stereocenters. The first kappa shape index (κ1) is 18.2. The lowest BCUT2D eigenvalue weighted by molar-refractivity contribution is -0.0502. The number of nitrogens with zero attached hydrogens (tertiary/aromatic N) is 2. The van der Waals surface area contributed by atoms with E-state index in [0.717, 1.165) is 4.68 Å². The van der Waals surface area contributed by atoms with Gasteiger partial charge in [-0.15, -0.1) is 0 Å². The zero-order chi connectivity index (χ0) is 19.4. The average molecular weight is 371 g/mol. The van der Waals surface area contributed by atoms with E-state index in [4.69, 9.17) is 0 Å². The molecule has 8 heteroatoms. The van der Waals surface area contributed by atoms with Gasteiger partial charge in [-0.2, -0.15) is 18.6 Å². The van der Waals surface area contributed by atoms with Crippen molar-refractivity contribution in [1.29, 1.82) is 0 Å². The number of halogens is 2. The van der Waals surface area contributed by atoms with Gasteiger partial charge in [0.15, 0.2) is 0 Å². The van der Waals surface area contributed by atoms with Gasteiger partial charge in [0.2, 0.25) is 0 Å². The molecule has 0 atom stereocenters. The molecule has 3 rings (SSSR count). The number of ether oxygens (including phenoxy) is 1. The Hall–Kier alpha value is -3.55. The molecule has 0 aliphatic heterocycles. The quantitative estimate of drug-likeness (QED) is 0.746. The highest BCUT2D eigenvalue weighted by Crippen LogP contribution is 2.27. The molecule has 1 amide bonds. The fraction of sp³-hybridized carbons (Fsp3) is 0.105. The molecular weight excluding hydrogens is 356 g/mol. The van der Waals surface area contributed by atoms with Gasteiger partial charge in [0.05, 0.1) is 5.69 Å². The van der Waals surface area contributed by atoms with Gasteiger partial charge in [-0.1, -0.05) is 24.3 Å². The smallest absolute Gasteiger partial charge is 0.387 e. The summed E-state index contributed by atoms with van der Waals surface area (Å²) in [4.78, 5) is 24.6. The van der Waals surface area contributed by atoms with Crippen molar-refractivity contribution in [3.8, 4) is 11.4 Å². The number of hydrogen-bond acceptors (Lipinski definition) is 4. The predicted molar refractivity (Wildman–Crippen MR) is 95.6 cm³/mol. The summed E-state index contributed by atoms with van der Waals surface area (Å²) < 4.78 is 30.4. The van der Waals surface area contributed by atoms with Crippen LogP contribution in [0.1, 0.15) is 16.1 Å². The van der Waals surface area contributed by atoms with Crippen LogP contribution in [0, 0.1) is 6.92 Å². The van der Waals surface area contributed by atoms with Crippen LogP contribution >= 0.6 is 0 Å². The number of benzene rings is 2. The summed E-state index contributed by atoms with van der Waals surface area (Å²) in [5, 5.41) is 6.68. The molecule has 1 heterocycles. The number of nitrogens with one attached hydrogen (secondary N) is 1. The third-order valence-electron chi connectivity index (χ3n) is 3.78. The van der Waals surface area contributed by atoms with Crippen molar-refractivity contribution in [2.24, 2.45) is 0 Å². The summed E-state index contributed by atoms with van der Waals surface area (Å²) in [6.07, 6.45) is 0. The Morgan fingerprint density at radius 3 is 2.52 bits per heavy atom. The molecule has 27 heavy (non-hydrogen) atoms. The minimum Gasteiger partial charge on any atom is -0.434 e. The van der Waals surface area contributed by atoms with E-state index in [9.17, 15) is 18.4 Å². The maximum Gasteiger partial charge on any atom is 0.387 e. The van der Waals surface area contributed by atoms with E-state index in [1.807, 2.05) is 0 Å². The van der Waals surface area contributed by atoms with Crippen LogP contribution in [0.15, 0.2) is 65.5 Å². The maximum absolute atomic E-state index is 12.5. The van der Waals surface area contributed by atoms with Crippen molar-refractivity contribution in [2.45, 2.75) is 13.5 Å². The summed E-state index contributed by atoms with van der Waals surface area (Å²) in [6.45, 7) is -1.42. The second-order valence-electron chi connectivity index (χ2n) is 5.57. The Morgan fingerprint density at radius 1 is 1.07 bits per heavy atom. The lowest BCUT2D eigenvalue weighted by Gasteiger charge is -2.13. The van der Waals surface area contributed by atoms with E-state index >= 15 is 0 Å². The number of para-hydroxylation sites is 1. The Morgan fingerprint density at radius 2 is 1.81 bits per heavy atom. The topological polar surface area (TPSA) is 73.2 Å². The molecule has 6 nitrogen and oxygen atoms in total. The molecular formula is C19H15F2N3O3. The van der Waals surface area contributed by atoms with Gasteiger partial charge in [-0.25, -0.2) is 0 Å². The molecule has 0 bridgehead atoms. The summed E-state index contributed by atoms with van der Waals surface area (Å²) in [5.41, 5.74) is 0.778. The standard InChI is InChI=1S/C19H15F2N3O3/c1-12-14(8-5-9-16(12)27-19(20)21)22-18(26)15-10-11-17(25)24(23-15)13-6-3-2-4-7-13/h2-11,19H,1H3,(H,22,26). The van der Waals surface area contributed by atoms with Crippen LogP contribution in [0.3, 0.4) is 0 Å². The lowest BCUT2D eigenvalue weighted by Crippen LogP contribution is -2.25. The number of rotatable bonds is 5. The molecule has 3 aromatic rings. The van der Waals surface area contributed by atoms with Gasteiger partial charge in [-0.3, -0.25) is 9.59 Å². The molecule has 138 valence electrons. The molecule has 0 aliphatic rings. The number of carbonyl (C=O) groups excluding carboxylic acids is 1. The van der Waals surface area contributed by atoms with E-state index in [0.29, 0.717) is 16.9 Å². The van der Waals surface area contributed by atoms with E-state index in [1.54, 1.807) is 43.3 Å². The Kier molecular flexibility index (Phi) is 5.25. The Bertz CT molecular complexity index is 1020. The molecule has 1 N–H and O–H groups in total. The Labute approximate surface area is 153 Å². The molecule has 0 radical (unpaired) electrons. The van der Waals surface area contributed by atoms with Crippen LogP contribution in [0.25, 0.3) is 5.69 Å². The number of carbonyl (C=O) groups is 1. The summed E-state index contributed by atoms with van der Waals surface area (Å²) >= 11 is 0. The lowest BCUT2D eigenvalue weighted by atomic mass is 10.1. The number of aromatic nitrogens is 2. The van der Waals surface area contributed by atoms with Crippen molar-refractivity contribution in [3.05, 3.63) is 82.3 Å². The molecule has 2 aromatic carbocycles. The van der Waals surface area contributed by atoms with Crippen LogP contribution in [0.2, 0.25) is 0 Å². The SMILES string of the molecule is Cc1c(NC(=O)c2ccc(=O)n(-c3ccccc3)n2)cccc1OC(F)F.